The van der Waals surface area contributed by atoms with Crippen molar-refractivity contribution in [1.82, 2.24) is 9.13 Å². The molecule has 4 nitrogen and oxygen atoms in total. The molecule has 3 rings (SSSR count). The van der Waals surface area contributed by atoms with Gasteiger partial charge in [0.2, 0.25) is 5.62 Å². The Morgan fingerprint density at radius 2 is 1.79 bits per heavy atom. The van der Waals surface area contributed by atoms with Gasteiger partial charge in [0.05, 0.1) is 17.6 Å². The van der Waals surface area contributed by atoms with Crippen LogP contribution in [0, 0.1) is 19.3 Å². The van der Waals surface area contributed by atoms with Crippen molar-refractivity contribution in [3.63, 3.8) is 0 Å². The Morgan fingerprint density at radius 1 is 1.12 bits per heavy atom. The Kier molecular flexibility index (Phi) is 4.21. The van der Waals surface area contributed by atoms with Crippen LogP contribution < -0.4 is 5.62 Å². The number of carbonyl (C=O) groups excluding carboxylic acids is 1. The molecule has 0 radical (unpaired) electrons. The van der Waals surface area contributed by atoms with Gasteiger partial charge in [-0.3, -0.25) is 10.2 Å². The van der Waals surface area contributed by atoms with E-state index in [0.717, 1.165) is 27.7 Å². The zero-order valence-corrected chi connectivity index (χ0v) is 14.0. The fourth-order valence-electron chi connectivity index (χ4n) is 3.03. The number of Topliss-reactive ketones (excluding diaryl/α,β-unsaturated/α-hetero) is 1. The van der Waals surface area contributed by atoms with Gasteiger partial charge in [-0.1, -0.05) is 35.9 Å². The molecule has 1 N–H and O–H groups in total. The second-order valence-corrected chi connectivity index (χ2v) is 6.04. The number of carbonyl (C=O) groups is 1. The van der Waals surface area contributed by atoms with Crippen LogP contribution in [0.15, 0.2) is 55.1 Å². The number of rotatable bonds is 5. The molecule has 0 spiro atoms. The minimum absolute atomic E-state index is 0.0243. The molecule has 0 saturated heterocycles. The first-order valence-electron chi connectivity index (χ1n) is 7.97. The Balaban J connectivity index is 2.09. The molecule has 0 atom stereocenters. The van der Waals surface area contributed by atoms with E-state index in [-0.39, 0.29) is 12.3 Å². The molecule has 0 unspecified atom stereocenters. The molecule has 1 aromatic heterocycles. The largest absolute Gasteiger partial charge is 0.307 e. The average molecular weight is 319 g/mol. The number of fused-ring (bicyclic) bond motifs is 1. The van der Waals surface area contributed by atoms with Crippen molar-refractivity contribution in [3.8, 4) is 0 Å². The molecule has 1 heterocycles. The predicted molar refractivity (Wildman–Crippen MR) is 96.2 cm³/mol. The molecule has 0 fully saturated rings. The summed E-state index contributed by atoms with van der Waals surface area (Å²) in [5, 5.41) is 8.46. The van der Waals surface area contributed by atoms with Gasteiger partial charge in [-0.15, -0.1) is 6.58 Å². The lowest BCUT2D eigenvalue weighted by atomic mass is 10.0. The highest BCUT2D eigenvalue weighted by Crippen LogP contribution is 2.16. The first-order chi connectivity index (χ1) is 11.5. The number of nitrogens with one attached hydrogen (secondary N) is 1. The molecule has 0 saturated carbocycles. The van der Waals surface area contributed by atoms with Gasteiger partial charge in [0.15, 0.2) is 5.78 Å². The Bertz CT molecular complexity index is 992. The Hall–Kier alpha value is -2.88. The number of benzene rings is 2. The van der Waals surface area contributed by atoms with E-state index in [1.807, 2.05) is 60.9 Å². The van der Waals surface area contributed by atoms with E-state index in [4.69, 9.17) is 5.41 Å². The van der Waals surface area contributed by atoms with Gasteiger partial charge in [-0.25, -0.2) is 0 Å². The maximum absolute atomic E-state index is 12.8. The molecule has 0 amide bonds. The molecule has 0 aliphatic carbocycles. The van der Waals surface area contributed by atoms with Crippen LogP contribution in [0.1, 0.15) is 21.5 Å². The summed E-state index contributed by atoms with van der Waals surface area (Å²) >= 11 is 0. The number of aromatic nitrogens is 2. The summed E-state index contributed by atoms with van der Waals surface area (Å²) in [5.41, 5.74) is 4.90. The van der Waals surface area contributed by atoms with Crippen molar-refractivity contribution >= 4 is 16.8 Å². The van der Waals surface area contributed by atoms with E-state index in [1.165, 1.54) is 0 Å². The maximum Gasteiger partial charge on any atom is 0.203 e. The van der Waals surface area contributed by atoms with Gasteiger partial charge in [0.1, 0.15) is 0 Å². The number of hydrogen-bond donors (Lipinski definition) is 1. The molecular formula is C20H21N3O. The van der Waals surface area contributed by atoms with Crippen molar-refractivity contribution in [2.24, 2.45) is 0 Å². The van der Waals surface area contributed by atoms with Gasteiger partial charge in [0.25, 0.3) is 0 Å². The quantitative estimate of drug-likeness (QED) is 0.567. The standard InChI is InChI=1S/C20H21N3O/c1-4-11-22-17-7-5-6-8-18(17)23(20(22)21)13-19(24)16-12-14(2)9-10-15(16)3/h4-10,12,21H,1,11,13H2,2-3H3. The molecule has 24 heavy (non-hydrogen) atoms. The van der Waals surface area contributed by atoms with Crippen molar-refractivity contribution in [3.05, 3.63) is 77.4 Å². The van der Waals surface area contributed by atoms with Crippen LogP contribution >= 0.6 is 0 Å². The molecule has 122 valence electrons. The minimum atomic E-state index is 0.0243. The number of imidazole rings is 1. The molecule has 4 heteroatoms. The van der Waals surface area contributed by atoms with Gasteiger partial charge in [-0.05, 0) is 37.6 Å². The van der Waals surface area contributed by atoms with Crippen LogP contribution in [0.4, 0.5) is 0 Å². The number of nitrogens with zero attached hydrogens (tertiary/aromatic N) is 2. The number of allylic oxidation sites excluding steroid dienone is 1. The van der Waals surface area contributed by atoms with Crippen molar-refractivity contribution in [2.45, 2.75) is 26.9 Å². The van der Waals surface area contributed by atoms with Crippen LogP contribution in [0.2, 0.25) is 0 Å². The summed E-state index contributed by atoms with van der Waals surface area (Å²) in [5.74, 6) is 0.0243. The van der Waals surface area contributed by atoms with E-state index in [1.54, 1.807) is 10.6 Å². The number of para-hydroxylation sites is 2. The highest BCUT2D eigenvalue weighted by molar-refractivity contribution is 5.98. The van der Waals surface area contributed by atoms with Crippen LogP contribution in [-0.2, 0) is 13.1 Å². The average Bonchev–Trinajstić information content (AvgIpc) is 2.83. The molecule has 0 aliphatic rings. The normalized spacial score (nSPS) is 10.9. The van der Waals surface area contributed by atoms with Gasteiger partial charge in [0, 0.05) is 12.1 Å². The summed E-state index contributed by atoms with van der Waals surface area (Å²) in [6, 6.07) is 13.7. The molecule has 0 aliphatic heterocycles. The molecule has 3 aromatic rings. The van der Waals surface area contributed by atoms with E-state index < -0.39 is 0 Å². The van der Waals surface area contributed by atoms with Crippen LogP contribution in [0.25, 0.3) is 11.0 Å². The SMILES string of the molecule is C=CCn1c(=N)n(CC(=O)c2cc(C)ccc2C)c2ccccc21. The summed E-state index contributed by atoms with van der Waals surface area (Å²) in [7, 11) is 0. The lowest BCUT2D eigenvalue weighted by molar-refractivity contribution is 0.0970. The molecule has 0 bridgehead atoms. The summed E-state index contributed by atoms with van der Waals surface area (Å²) in [4.78, 5) is 12.8. The lowest BCUT2D eigenvalue weighted by Gasteiger charge is -2.08. The fraction of sp³-hybridized carbons (Fsp3) is 0.200. The monoisotopic (exact) mass is 319 g/mol. The van der Waals surface area contributed by atoms with E-state index in [9.17, 15) is 4.79 Å². The highest BCUT2D eigenvalue weighted by atomic mass is 16.1. The first-order valence-corrected chi connectivity index (χ1v) is 7.97. The number of hydrogen-bond acceptors (Lipinski definition) is 2. The van der Waals surface area contributed by atoms with Gasteiger partial charge in [-0.2, -0.15) is 0 Å². The zero-order valence-electron chi connectivity index (χ0n) is 14.0. The second kappa shape index (κ2) is 6.32. The number of ketones is 1. The van der Waals surface area contributed by atoms with Crippen LogP contribution in [-0.4, -0.2) is 14.9 Å². The van der Waals surface area contributed by atoms with E-state index >= 15 is 0 Å². The second-order valence-electron chi connectivity index (χ2n) is 6.04. The number of aryl methyl sites for hydroxylation is 2. The van der Waals surface area contributed by atoms with Gasteiger partial charge < -0.3 is 9.13 Å². The fourth-order valence-corrected chi connectivity index (χ4v) is 3.03. The van der Waals surface area contributed by atoms with E-state index in [2.05, 4.69) is 6.58 Å². The minimum Gasteiger partial charge on any atom is -0.307 e. The summed E-state index contributed by atoms with van der Waals surface area (Å²) < 4.78 is 3.63. The van der Waals surface area contributed by atoms with Gasteiger partial charge >= 0.3 is 0 Å². The summed E-state index contributed by atoms with van der Waals surface area (Å²) in [6.45, 7) is 8.39. The Labute approximate surface area is 141 Å². The van der Waals surface area contributed by atoms with Crippen molar-refractivity contribution in [1.29, 1.82) is 5.41 Å². The predicted octanol–water partition coefficient (Wildman–Crippen LogP) is 3.61. The van der Waals surface area contributed by atoms with Crippen molar-refractivity contribution < 1.29 is 4.79 Å². The third-order valence-electron chi connectivity index (χ3n) is 4.28. The molecule has 2 aromatic carbocycles. The van der Waals surface area contributed by atoms with E-state index in [0.29, 0.717) is 12.2 Å². The topological polar surface area (TPSA) is 50.8 Å². The summed E-state index contributed by atoms with van der Waals surface area (Å²) in [6.07, 6.45) is 1.77. The van der Waals surface area contributed by atoms with Crippen molar-refractivity contribution in [2.75, 3.05) is 0 Å². The lowest BCUT2D eigenvalue weighted by Crippen LogP contribution is -2.27. The highest BCUT2D eigenvalue weighted by Gasteiger charge is 2.15. The third kappa shape index (κ3) is 2.71. The first kappa shape index (κ1) is 16.0. The third-order valence-corrected chi connectivity index (χ3v) is 4.28. The smallest absolute Gasteiger partial charge is 0.203 e. The Morgan fingerprint density at radius 3 is 2.46 bits per heavy atom. The maximum atomic E-state index is 12.8. The zero-order chi connectivity index (χ0) is 17.3. The van der Waals surface area contributed by atoms with Crippen LogP contribution in [0.5, 0.6) is 0 Å². The molecular weight excluding hydrogens is 298 g/mol. The van der Waals surface area contributed by atoms with Crippen LogP contribution in [0.3, 0.4) is 0 Å².